The molecule has 0 saturated carbocycles. The highest BCUT2D eigenvalue weighted by Crippen LogP contribution is 2.29. The highest BCUT2D eigenvalue weighted by atomic mass is 32.1. The number of hydrogen-bond donors (Lipinski definition) is 1. The summed E-state index contributed by atoms with van der Waals surface area (Å²) >= 11 is 1.34. The first kappa shape index (κ1) is 22.8. The molecular weight excluding hydrogens is 422 g/mol. The Bertz CT molecular complexity index is 1120. The van der Waals surface area contributed by atoms with Crippen LogP contribution in [0.2, 0.25) is 0 Å². The van der Waals surface area contributed by atoms with Gasteiger partial charge in [0.25, 0.3) is 0 Å². The molecule has 7 heteroatoms. The molecule has 0 bridgehead atoms. The number of carbonyl (C=O) groups excluding carboxylic acids is 2. The minimum atomic E-state index is -0.208. The summed E-state index contributed by atoms with van der Waals surface area (Å²) in [7, 11) is 0. The van der Waals surface area contributed by atoms with Crippen LogP contribution in [0, 0.1) is 12.3 Å². The molecule has 1 aromatic heterocycles. The van der Waals surface area contributed by atoms with Gasteiger partial charge in [-0.15, -0.1) is 17.8 Å². The van der Waals surface area contributed by atoms with Crippen LogP contribution in [0.25, 0.3) is 6.08 Å². The van der Waals surface area contributed by atoms with Crippen LogP contribution in [-0.4, -0.2) is 29.9 Å². The third kappa shape index (κ3) is 6.56. The number of nitrogens with one attached hydrogen (secondary N) is 1. The van der Waals surface area contributed by atoms with Gasteiger partial charge in [-0.2, -0.15) is 0 Å². The van der Waals surface area contributed by atoms with Crippen molar-refractivity contribution in [2.45, 2.75) is 13.3 Å². The van der Waals surface area contributed by atoms with Crippen LogP contribution < -0.4 is 15.0 Å². The fourth-order valence-corrected chi connectivity index (χ4v) is 3.74. The zero-order valence-corrected chi connectivity index (χ0v) is 18.5. The maximum Gasteiger partial charge on any atom is 0.244 e. The van der Waals surface area contributed by atoms with Crippen molar-refractivity contribution in [3.05, 3.63) is 77.3 Å². The van der Waals surface area contributed by atoms with Crippen molar-refractivity contribution in [2.24, 2.45) is 0 Å². The minimum Gasteiger partial charge on any atom is -0.481 e. The summed E-state index contributed by atoms with van der Waals surface area (Å²) in [5, 5.41) is 5.21. The number of para-hydroxylation sites is 1. The average Bonchev–Trinajstić information content (AvgIpc) is 3.26. The van der Waals surface area contributed by atoms with Crippen LogP contribution in [0.5, 0.6) is 5.75 Å². The van der Waals surface area contributed by atoms with Crippen molar-refractivity contribution in [3.8, 4) is 18.1 Å². The van der Waals surface area contributed by atoms with E-state index < -0.39 is 0 Å². The molecule has 0 aliphatic heterocycles. The van der Waals surface area contributed by atoms with Crippen molar-refractivity contribution < 1.29 is 14.3 Å². The second-order valence-electron chi connectivity index (χ2n) is 6.76. The van der Waals surface area contributed by atoms with E-state index in [9.17, 15) is 9.59 Å². The molecule has 32 heavy (non-hydrogen) atoms. The SMILES string of the molecule is C#CCOc1ccc(CCNC(=O)/C=C/c2csc(N(C(C)=O)c3ccccc3)n2)cc1. The topological polar surface area (TPSA) is 71.5 Å². The molecule has 0 aliphatic carbocycles. The fourth-order valence-electron chi connectivity index (χ4n) is 2.89. The molecule has 0 aliphatic rings. The van der Waals surface area contributed by atoms with Crippen LogP contribution in [0.3, 0.4) is 0 Å². The second-order valence-corrected chi connectivity index (χ2v) is 7.59. The number of aromatic nitrogens is 1. The largest absolute Gasteiger partial charge is 0.481 e. The highest BCUT2D eigenvalue weighted by Gasteiger charge is 2.17. The van der Waals surface area contributed by atoms with Crippen LogP contribution in [0.15, 0.2) is 66.1 Å². The molecule has 0 saturated heterocycles. The van der Waals surface area contributed by atoms with E-state index in [1.165, 1.54) is 24.3 Å². The Morgan fingerprint density at radius 1 is 1.19 bits per heavy atom. The number of amides is 2. The molecule has 1 heterocycles. The Hall–Kier alpha value is -3.89. The van der Waals surface area contributed by atoms with Crippen LogP contribution in [0.1, 0.15) is 18.2 Å². The van der Waals surface area contributed by atoms with Crippen LogP contribution >= 0.6 is 11.3 Å². The lowest BCUT2D eigenvalue weighted by Gasteiger charge is -2.17. The molecule has 6 nitrogen and oxygen atoms in total. The van der Waals surface area contributed by atoms with Gasteiger partial charge in [0.1, 0.15) is 12.4 Å². The Morgan fingerprint density at radius 2 is 1.94 bits per heavy atom. The van der Waals surface area contributed by atoms with Crippen molar-refractivity contribution in [2.75, 3.05) is 18.1 Å². The summed E-state index contributed by atoms with van der Waals surface area (Å²) in [6, 6.07) is 16.9. The van der Waals surface area contributed by atoms with Crippen molar-refractivity contribution in [1.29, 1.82) is 0 Å². The summed E-state index contributed by atoms with van der Waals surface area (Å²) in [6.07, 6.45) is 8.94. The minimum absolute atomic E-state index is 0.130. The molecule has 0 fully saturated rings. The van der Waals surface area contributed by atoms with E-state index >= 15 is 0 Å². The molecule has 0 spiro atoms. The first-order valence-corrected chi connectivity index (χ1v) is 10.9. The number of carbonyl (C=O) groups is 2. The smallest absolute Gasteiger partial charge is 0.244 e. The van der Waals surface area contributed by atoms with Gasteiger partial charge in [0, 0.05) is 24.9 Å². The van der Waals surface area contributed by atoms with Gasteiger partial charge >= 0.3 is 0 Å². The first-order valence-electron chi connectivity index (χ1n) is 9.99. The van der Waals surface area contributed by atoms with Crippen molar-refractivity contribution in [3.63, 3.8) is 0 Å². The Balaban J connectivity index is 1.51. The number of rotatable bonds is 9. The van der Waals surface area contributed by atoms with E-state index in [2.05, 4.69) is 16.2 Å². The van der Waals surface area contributed by atoms with Crippen molar-refractivity contribution in [1.82, 2.24) is 10.3 Å². The van der Waals surface area contributed by atoms with E-state index in [-0.39, 0.29) is 18.4 Å². The number of anilines is 2. The van der Waals surface area contributed by atoms with Crippen LogP contribution in [0.4, 0.5) is 10.8 Å². The van der Waals surface area contributed by atoms with Gasteiger partial charge in [-0.1, -0.05) is 36.3 Å². The van der Waals surface area contributed by atoms with Gasteiger partial charge in [0.05, 0.1) is 11.4 Å². The molecule has 0 atom stereocenters. The highest BCUT2D eigenvalue weighted by molar-refractivity contribution is 7.14. The van der Waals surface area contributed by atoms with Gasteiger partial charge in [-0.05, 0) is 42.3 Å². The number of ether oxygens (including phenoxy) is 1. The van der Waals surface area contributed by atoms with Crippen molar-refractivity contribution >= 4 is 40.0 Å². The lowest BCUT2D eigenvalue weighted by Crippen LogP contribution is -2.23. The molecule has 0 unspecified atom stereocenters. The molecular formula is C25H23N3O3S. The molecule has 3 rings (SSSR count). The quantitative estimate of drug-likeness (QED) is 0.396. The lowest BCUT2D eigenvalue weighted by atomic mass is 10.1. The Morgan fingerprint density at radius 3 is 2.62 bits per heavy atom. The normalized spacial score (nSPS) is 10.5. The maximum atomic E-state index is 12.1. The number of benzene rings is 2. The third-order valence-electron chi connectivity index (χ3n) is 4.39. The maximum absolute atomic E-state index is 12.1. The van der Waals surface area contributed by atoms with Gasteiger partial charge < -0.3 is 10.1 Å². The predicted octanol–water partition coefficient (Wildman–Crippen LogP) is 4.21. The standard InChI is InChI=1S/C25H23N3O3S/c1-3-17-31-23-12-9-20(10-13-23)15-16-26-24(30)14-11-21-18-32-25(27-21)28(19(2)29)22-7-5-4-6-8-22/h1,4-14,18H,15-17H2,2H3,(H,26,30)/b14-11+. The molecule has 0 radical (unpaired) electrons. The van der Waals surface area contributed by atoms with E-state index in [1.807, 2.05) is 60.0 Å². The van der Waals surface area contributed by atoms with Crippen LogP contribution in [-0.2, 0) is 16.0 Å². The van der Waals surface area contributed by atoms with Gasteiger partial charge in [0.15, 0.2) is 5.13 Å². The Kier molecular flexibility index (Phi) is 8.18. The van der Waals surface area contributed by atoms with E-state index in [0.717, 1.165) is 17.0 Å². The summed E-state index contributed by atoms with van der Waals surface area (Å²) < 4.78 is 5.34. The number of nitrogens with zero attached hydrogens (tertiary/aromatic N) is 2. The predicted molar refractivity (Wildman–Crippen MR) is 128 cm³/mol. The van der Waals surface area contributed by atoms with E-state index in [1.54, 1.807) is 11.0 Å². The third-order valence-corrected chi connectivity index (χ3v) is 5.24. The molecule has 1 N–H and O–H groups in total. The Labute approximate surface area is 191 Å². The monoisotopic (exact) mass is 445 g/mol. The molecule has 162 valence electrons. The summed E-state index contributed by atoms with van der Waals surface area (Å²) in [6.45, 7) is 2.23. The zero-order valence-electron chi connectivity index (χ0n) is 17.7. The van der Waals surface area contributed by atoms with E-state index in [0.29, 0.717) is 23.8 Å². The molecule has 2 aromatic carbocycles. The summed E-state index contributed by atoms with van der Waals surface area (Å²) in [4.78, 5) is 30.3. The van der Waals surface area contributed by atoms with Gasteiger partial charge in [-0.25, -0.2) is 4.98 Å². The number of hydrogen-bond acceptors (Lipinski definition) is 5. The summed E-state index contributed by atoms with van der Waals surface area (Å²) in [5.41, 5.74) is 2.44. The van der Waals surface area contributed by atoms with E-state index in [4.69, 9.17) is 11.2 Å². The first-order chi connectivity index (χ1) is 15.6. The zero-order chi connectivity index (χ0) is 22.8. The molecule has 2 amide bonds. The van der Waals surface area contributed by atoms with Gasteiger partial charge in [0.2, 0.25) is 11.8 Å². The number of terminal acetylenes is 1. The van der Waals surface area contributed by atoms with Gasteiger partial charge in [-0.3, -0.25) is 14.5 Å². The average molecular weight is 446 g/mol. The second kappa shape index (κ2) is 11.5. The fraction of sp³-hybridized carbons (Fsp3) is 0.160. The lowest BCUT2D eigenvalue weighted by molar-refractivity contribution is -0.117. The molecule has 3 aromatic rings. The summed E-state index contributed by atoms with van der Waals surface area (Å²) in [5.74, 6) is 2.80. The number of thiazole rings is 1.